The number of esters is 2. The molecule has 9 heteroatoms. The number of aryl methyl sites for hydroxylation is 1. The number of anilines is 2. The van der Waals surface area contributed by atoms with Crippen molar-refractivity contribution in [2.75, 3.05) is 31.9 Å². The molecule has 2 aromatic rings. The maximum atomic E-state index is 12.2. The number of nitrogens with one attached hydrogen (secondary N) is 1. The Morgan fingerprint density at radius 3 is 2.52 bits per heavy atom. The van der Waals surface area contributed by atoms with Gasteiger partial charge in [-0.05, 0) is 44.5 Å². The molecule has 1 aliphatic rings. The number of ether oxygens (including phenoxy) is 4. The molecule has 0 aromatic heterocycles. The molecule has 2 aromatic carbocycles. The minimum atomic E-state index is -0.485. The van der Waals surface area contributed by atoms with Crippen molar-refractivity contribution in [1.82, 2.24) is 0 Å². The lowest BCUT2D eigenvalue weighted by Gasteiger charge is -2.15. The van der Waals surface area contributed by atoms with E-state index in [0.717, 1.165) is 5.56 Å². The van der Waals surface area contributed by atoms with Crippen LogP contribution in [0.4, 0.5) is 11.4 Å². The summed E-state index contributed by atoms with van der Waals surface area (Å²) in [5.74, 6) is -0.822. The highest BCUT2D eigenvalue weighted by atomic mass is 35.5. The predicted octanol–water partition coefficient (Wildman–Crippen LogP) is 5.70. The number of carbonyl (C=O) groups excluding carboxylic acids is 2. The lowest BCUT2D eigenvalue weighted by molar-refractivity contribution is -0.139. The van der Waals surface area contributed by atoms with Gasteiger partial charge in [-0.15, -0.1) is 0 Å². The molecule has 1 heterocycles. The number of hydrogen-bond donors (Lipinski definition) is 1. The van der Waals surface area contributed by atoms with Crippen molar-refractivity contribution in [2.45, 2.75) is 26.9 Å². The van der Waals surface area contributed by atoms with E-state index in [4.69, 9.17) is 42.1 Å². The summed E-state index contributed by atoms with van der Waals surface area (Å²) in [6.07, 6.45) is 0.142. The van der Waals surface area contributed by atoms with E-state index in [1.54, 1.807) is 37.3 Å². The Labute approximate surface area is 203 Å². The first-order valence-electron chi connectivity index (χ1n) is 10.2. The summed E-state index contributed by atoms with van der Waals surface area (Å²) >= 11 is 12.5. The molecule has 3 rings (SSSR count). The fourth-order valence-corrected chi connectivity index (χ4v) is 2.85. The van der Waals surface area contributed by atoms with Gasteiger partial charge in [0.1, 0.15) is 12.7 Å². The van der Waals surface area contributed by atoms with Crippen LogP contribution in [-0.4, -0.2) is 44.7 Å². The zero-order valence-corrected chi connectivity index (χ0v) is 20.3. The van der Waals surface area contributed by atoms with Crippen LogP contribution in [0.25, 0.3) is 0 Å². The van der Waals surface area contributed by atoms with Crippen LogP contribution in [0.2, 0.25) is 10.0 Å². The summed E-state index contributed by atoms with van der Waals surface area (Å²) in [4.78, 5) is 22.9. The zero-order chi connectivity index (χ0) is 24.4. The lowest BCUT2D eigenvalue weighted by atomic mass is 10.1. The van der Waals surface area contributed by atoms with Crippen LogP contribution in [0.3, 0.4) is 0 Å². The Morgan fingerprint density at radius 2 is 1.88 bits per heavy atom. The summed E-state index contributed by atoms with van der Waals surface area (Å²) in [6.45, 7) is 10.2. The number of hydrogen-bond acceptors (Lipinski definition) is 7. The first kappa shape index (κ1) is 26.7. The van der Waals surface area contributed by atoms with E-state index >= 15 is 0 Å². The number of carbonyl (C=O) groups is 2. The van der Waals surface area contributed by atoms with E-state index in [1.807, 2.05) is 19.9 Å². The fourth-order valence-electron chi connectivity index (χ4n) is 2.39. The highest BCUT2D eigenvalue weighted by Crippen LogP contribution is 2.36. The fraction of sp³-hybridized carbons (Fsp3) is 0.333. The highest BCUT2D eigenvalue weighted by molar-refractivity contribution is 6.39. The van der Waals surface area contributed by atoms with Gasteiger partial charge in [0, 0.05) is 12.2 Å². The van der Waals surface area contributed by atoms with Crippen LogP contribution in [-0.2, 0) is 23.7 Å². The maximum Gasteiger partial charge on any atom is 0.342 e. The molecule has 1 saturated heterocycles. The predicted molar refractivity (Wildman–Crippen MR) is 128 cm³/mol. The first-order valence-corrected chi connectivity index (χ1v) is 11.0. The van der Waals surface area contributed by atoms with Gasteiger partial charge < -0.3 is 24.3 Å². The molecule has 1 fully saturated rings. The van der Waals surface area contributed by atoms with Gasteiger partial charge in [-0.2, -0.15) is 0 Å². The zero-order valence-electron chi connectivity index (χ0n) is 18.8. The molecule has 0 aliphatic carbocycles. The molecular weight excluding hydrogens is 469 g/mol. The third kappa shape index (κ3) is 8.70. The van der Waals surface area contributed by atoms with Crippen molar-refractivity contribution in [1.29, 1.82) is 0 Å². The van der Waals surface area contributed by atoms with Crippen LogP contribution in [0, 0.1) is 6.92 Å². The summed E-state index contributed by atoms with van der Waals surface area (Å²) < 4.78 is 19.7. The Bertz CT molecular complexity index is 991. The van der Waals surface area contributed by atoms with Gasteiger partial charge in [0.15, 0.2) is 6.79 Å². The van der Waals surface area contributed by atoms with E-state index in [0.29, 0.717) is 52.4 Å². The van der Waals surface area contributed by atoms with Crippen molar-refractivity contribution in [3.8, 4) is 0 Å². The Hall–Kier alpha value is -2.58. The molecule has 7 nitrogen and oxygen atoms in total. The standard InChI is InChI=1S/C17H17Cl2NO3.C7H10O3/c1-3-22-10-23-17(21)12-6-4-5-7-14(12)20-16-13(18)9-8-11(2)15(16)19;1-5(2)7(8)10-4-6-3-9-6/h4-9,20H,3,10H2,1-2H3;6H,1,3-4H2,2H3. The molecule has 1 unspecified atom stereocenters. The largest absolute Gasteiger partial charge is 0.459 e. The molecule has 0 saturated carbocycles. The van der Waals surface area contributed by atoms with Gasteiger partial charge >= 0.3 is 11.9 Å². The summed E-state index contributed by atoms with van der Waals surface area (Å²) in [7, 11) is 0. The van der Waals surface area contributed by atoms with Crippen molar-refractivity contribution in [3.05, 3.63) is 69.7 Å². The van der Waals surface area contributed by atoms with Crippen molar-refractivity contribution >= 4 is 46.5 Å². The van der Waals surface area contributed by atoms with Gasteiger partial charge in [-0.1, -0.05) is 48.0 Å². The maximum absolute atomic E-state index is 12.2. The quantitative estimate of drug-likeness (QED) is 0.157. The number of para-hydroxylation sites is 1. The third-order valence-electron chi connectivity index (χ3n) is 4.32. The molecule has 1 aliphatic heterocycles. The number of epoxide rings is 1. The van der Waals surface area contributed by atoms with Gasteiger partial charge in [-0.25, -0.2) is 9.59 Å². The van der Waals surface area contributed by atoms with Crippen LogP contribution < -0.4 is 5.32 Å². The number of rotatable bonds is 9. The van der Waals surface area contributed by atoms with Crippen LogP contribution >= 0.6 is 23.2 Å². The molecule has 178 valence electrons. The SMILES string of the molecule is C=C(C)C(=O)OCC1CO1.CCOCOC(=O)c1ccccc1Nc1c(Cl)ccc(C)c1Cl. The van der Waals surface area contributed by atoms with Gasteiger partial charge in [0.2, 0.25) is 0 Å². The van der Waals surface area contributed by atoms with E-state index in [-0.39, 0.29) is 18.9 Å². The number of benzene rings is 2. The smallest absolute Gasteiger partial charge is 0.342 e. The molecular formula is C24H27Cl2NO6. The Morgan fingerprint density at radius 1 is 1.18 bits per heavy atom. The second-order valence-electron chi connectivity index (χ2n) is 7.10. The summed E-state index contributed by atoms with van der Waals surface area (Å²) in [5, 5.41) is 4.10. The van der Waals surface area contributed by atoms with Crippen molar-refractivity contribution in [2.24, 2.45) is 0 Å². The summed E-state index contributed by atoms with van der Waals surface area (Å²) in [6, 6.07) is 10.6. The second-order valence-corrected chi connectivity index (χ2v) is 7.89. The molecule has 0 bridgehead atoms. The summed E-state index contributed by atoms with van der Waals surface area (Å²) in [5.41, 5.74) is 2.80. The van der Waals surface area contributed by atoms with Crippen molar-refractivity contribution < 1.29 is 28.5 Å². The third-order valence-corrected chi connectivity index (χ3v) is 5.12. The van der Waals surface area contributed by atoms with E-state index < -0.39 is 5.97 Å². The normalized spacial score (nSPS) is 13.9. The van der Waals surface area contributed by atoms with E-state index in [9.17, 15) is 9.59 Å². The lowest BCUT2D eigenvalue weighted by Crippen LogP contribution is -2.11. The average molecular weight is 496 g/mol. The van der Waals surface area contributed by atoms with Gasteiger partial charge in [0.05, 0.1) is 33.6 Å². The molecule has 1 N–H and O–H groups in total. The minimum absolute atomic E-state index is 0.0877. The van der Waals surface area contributed by atoms with Gasteiger partial charge in [-0.3, -0.25) is 0 Å². The van der Waals surface area contributed by atoms with Gasteiger partial charge in [0.25, 0.3) is 0 Å². The molecule has 0 radical (unpaired) electrons. The Balaban J connectivity index is 0.000000321. The highest BCUT2D eigenvalue weighted by Gasteiger charge is 2.24. The topological polar surface area (TPSA) is 86.4 Å². The second kappa shape index (κ2) is 13.2. The molecule has 0 amide bonds. The van der Waals surface area contributed by atoms with Crippen LogP contribution in [0.5, 0.6) is 0 Å². The van der Waals surface area contributed by atoms with Crippen molar-refractivity contribution in [3.63, 3.8) is 0 Å². The minimum Gasteiger partial charge on any atom is -0.459 e. The monoisotopic (exact) mass is 495 g/mol. The van der Waals surface area contributed by atoms with Crippen LogP contribution in [0.15, 0.2) is 48.6 Å². The number of halogens is 2. The van der Waals surface area contributed by atoms with Crippen LogP contribution in [0.1, 0.15) is 29.8 Å². The molecule has 33 heavy (non-hydrogen) atoms. The van der Waals surface area contributed by atoms with E-state index in [1.165, 1.54) is 0 Å². The average Bonchev–Trinajstić information content (AvgIpc) is 3.63. The molecule has 1 atom stereocenters. The van der Waals surface area contributed by atoms with E-state index in [2.05, 4.69) is 11.9 Å². The first-order chi connectivity index (χ1) is 15.7. The molecule has 0 spiro atoms. The Kier molecular flexibility index (Phi) is 10.7.